The van der Waals surface area contributed by atoms with Crippen molar-refractivity contribution >= 4 is 79.6 Å². The summed E-state index contributed by atoms with van der Waals surface area (Å²) in [6.07, 6.45) is 0. The van der Waals surface area contributed by atoms with Crippen molar-refractivity contribution in [2.24, 2.45) is 0 Å². The second-order valence-electron chi connectivity index (χ2n) is 5.69. The summed E-state index contributed by atoms with van der Waals surface area (Å²) in [5.74, 6) is -1.76. The van der Waals surface area contributed by atoms with Gasteiger partial charge in [-0.15, -0.1) is 11.3 Å². The van der Waals surface area contributed by atoms with Crippen LogP contribution in [-0.2, 0) is 0 Å². The number of methoxy groups -OCH3 is 1. The van der Waals surface area contributed by atoms with E-state index in [1.54, 1.807) is 23.6 Å². The molecule has 0 aliphatic heterocycles. The molecule has 0 aliphatic rings. The first kappa shape index (κ1) is 21.9. The lowest BCUT2D eigenvalue weighted by Crippen LogP contribution is -2.15. The summed E-state index contributed by atoms with van der Waals surface area (Å²) in [6.45, 7) is 0. The van der Waals surface area contributed by atoms with Gasteiger partial charge >= 0.3 is 5.97 Å². The van der Waals surface area contributed by atoms with Crippen molar-refractivity contribution in [3.63, 3.8) is 0 Å². The number of carboxylic acid groups (broad SMARTS) is 1. The second kappa shape index (κ2) is 8.93. The number of hydrogen-bond donors (Lipinski definition) is 2. The molecule has 3 aromatic rings. The lowest BCUT2D eigenvalue weighted by molar-refractivity contribution is 0.0699. The maximum Gasteiger partial charge on any atom is 0.339 e. The van der Waals surface area contributed by atoms with Crippen LogP contribution < -0.4 is 10.1 Å². The molecule has 2 aromatic carbocycles. The number of ether oxygens (including phenoxy) is 1. The fraction of sp³-hybridized carbons (Fsp3) is 0.0526. The SMILES string of the molecule is COc1c(Cl)c(Cl)cc(C(=O)Nc2csc(-c3cccc(Br)c3)c2C(=O)O)c1Cl. The third kappa shape index (κ3) is 4.39. The number of carboxylic acids is 1. The monoisotopic (exact) mass is 533 g/mol. The number of halogens is 4. The Balaban J connectivity index is 2.03. The quantitative estimate of drug-likeness (QED) is 0.342. The van der Waals surface area contributed by atoms with Crippen molar-refractivity contribution in [2.45, 2.75) is 0 Å². The zero-order chi connectivity index (χ0) is 21.3. The van der Waals surface area contributed by atoms with Gasteiger partial charge in [-0.3, -0.25) is 4.79 Å². The fourth-order valence-electron chi connectivity index (χ4n) is 2.62. The van der Waals surface area contributed by atoms with Crippen molar-refractivity contribution < 1.29 is 19.4 Å². The van der Waals surface area contributed by atoms with E-state index >= 15 is 0 Å². The molecule has 0 aliphatic carbocycles. The highest BCUT2D eigenvalue weighted by atomic mass is 79.9. The number of anilines is 1. The average Bonchev–Trinajstić information content (AvgIpc) is 3.09. The van der Waals surface area contributed by atoms with E-state index in [9.17, 15) is 14.7 Å². The summed E-state index contributed by atoms with van der Waals surface area (Å²) in [7, 11) is 1.34. The number of amides is 1. The van der Waals surface area contributed by atoms with E-state index in [1.807, 2.05) is 6.07 Å². The molecule has 0 saturated carbocycles. The lowest BCUT2D eigenvalue weighted by atomic mass is 10.1. The average molecular weight is 536 g/mol. The Morgan fingerprint density at radius 3 is 2.52 bits per heavy atom. The molecule has 0 spiro atoms. The molecule has 1 heterocycles. The van der Waals surface area contributed by atoms with Gasteiger partial charge in [-0.05, 0) is 23.8 Å². The van der Waals surface area contributed by atoms with Crippen LogP contribution >= 0.6 is 62.1 Å². The third-order valence-corrected chi connectivity index (χ3v) is 6.57. The zero-order valence-corrected chi connectivity index (χ0v) is 19.2. The largest absolute Gasteiger partial charge is 0.494 e. The Kier molecular flexibility index (Phi) is 6.76. The number of thiophene rings is 1. The van der Waals surface area contributed by atoms with Gasteiger partial charge in [-0.25, -0.2) is 4.79 Å². The first-order valence-corrected chi connectivity index (χ1v) is 10.7. The molecule has 0 saturated heterocycles. The number of benzene rings is 2. The van der Waals surface area contributed by atoms with Gasteiger partial charge in [-0.1, -0.05) is 62.9 Å². The molecule has 3 rings (SSSR count). The minimum atomic E-state index is -1.17. The van der Waals surface area contributed by atoms with Crippen LogP contribution in [0.5, 0.6) is 5.75 Å². The summed E-state index contributed by atoms with van der Waals surface area (Å²) in [4.78, 5) is 25.2. The predicted octanol–water partition coefficient (Wildman–Crippen LogP) is 7.10. The fourth-order valence-corrected chi connectivity index (χ4v) is 4.79. The summed E-state index contributed by atoms with van der Waals surface area (Å²) in [5, 5.41) is 14.0. The van der Waals surface area contributed by atoms with Crippen LogP contribution in [0.25, 0.3) is 10.4 Å². The number of carbonyl (C=O) groups excluding carboxylic acids is 1. The normalized spacial score (nSPS) is 10.7. The van der Waals surface area contributed by atoms with Crippen LogP contribution in [0.1, 0.15) is 20.7 Å². The number of hydrogen-bond acceptors (Lipinski definition) is 4. The minimum Gasteiger partial charge on any atom is -0.494 e. The van der Waals surface area contributed by atoms with Gasteiger partial charge < -0.3 is 15.2 Å². The van der Waals surface area contributed by atoms with Crippen molar-refractivity contribution in [2.75, 3.05) is 12.4 Å². The molecule has 10 heteroatoms. The Hall–Kier alpha value is -1.77. The summed E-state index contributed by atoms with van der Waals surface area (Å²) in [6, 6.07) is 8.51. The van der Waals surface area contributed by atoms with Crippen LogP contribution in [0.4, 0.5) is 5.69 Å². The summed E-state index contributed by atoms with van der Waals surface area (Å²) < 4.78 is 5.91. The van der Waals surface area contributed by atoms with E-state index in [-0.39, 0.29) is 37.6 Å². The molecular weight excluding hydrogens is 525 g/mol. The van der Waals surface area contributed by atoms with Gasteiger partial charge in [0.15, 0.2) is 5.75 Å². The molecule has 1 aromatic heterocycles. The van der Waals surface area contributed by atoms with Crippen LogP contribution in [0.15, 0.2) is 40.2 Å². The Bertz CT molecular complexity index is 1130. The van der Waals surface area contributed by atoms with Crippen LogP contribution in [0, 0.1) is 0 Å². The van der Waals surface area contributed by atoms with Gasteiger partial charge in [0.1, 0.15) is 10.6 Å². The topological polar surface area (TPSA) is 75.6 Å². The highest BCUT2D eigenvalue weighted by Crippen LogP contribution is 2.41. The molecule has 0 bridgehead atoms. The smallest absolute Gasteiger partial charge is 0.339 e. The second-order valence-corrected chi connectivity index (χ2v) is 8.65. The lowest BCUT2D eigenvalue weighted by Gasteiger charge is -2.12. The van der Waals surface area contributed by atoms with E-state index in [2.05, 4.69) is 21.2 Å². The van der Waals surface area contributed by atoms with Crippen LogP contribution in [0.2, 0.25) is 15.1 Å². The van der Waals surface area contributed by atoms with Gasteiger partial charge in [0, 0.05) is 9.85 Å². The van der Waals surface area contributed by atoms with E-state index < -0.39 is 11.9 Å². The molecule has 0 unspecified atom stereocenters. The molecule has 150 valence electrons. The molecule has 5 nitrogen and oxygen atoms in total. The van der Waals surface area contributed by atoms with Crippen molar-refractivity contribution in [3.8, 4) is 16.2 Å². The zero-order valence-electron chi connectivity index (χ0n) is 14.6. The maximum absolute atomic E-state index is 12.8. The highest BCUT2D eigenvalue weighted by molar-refractivity contribution is 9.10. The van der Waals surface area contributed by atoms with E-state index in [1.165, 1.54) is 24.5 Å². The Labute approximate surface area is 193 Å². The summed E-state index contributed by atoms with van der Waals surface area (Å²) >= 11 is 22.9. The highest BCUT2D eigenvalue weighted by Gasteiger charge is 2.24. The standard InChI is InChI=1S/C19H11BrCl3NO4S/c1-28-16-14(22)10(6-11(21)15(16)23)18(25)24-12-7-29-17(13(12)19(26)27)8-3-2-4-9(20)5-8/h2-7H,1H3,(H,24,25)(H,26,27). The minimum absolute atomic E-state index is 0.00413. The summed E-state index contributed by atoms with van der Waals surface area (Å²) in [5.41, 5.74) is 0.828. The van der Waals surface area contributed by atoms with Crippen molar-refractivity contribution in [3.05, 3.63) is 66.4 Å². The molecular formula is C19H11BrCl3NO4S. The van der Waals surface area contributed by atoms with Crippen LogP contribution in [-0.4, -0.2) is 24.1 Å². The number of aromatic carboxylic acids is 1. The van der Waals surface area contributed by atoms with Gasteiger partial charge in [-0.2, -0.15) is 0 Å². The van der Waals surface area contributed by atoms with E-state index in [0.29, 0.717) is 10.4 Å². The van der Waals surface area contributed by atoms with E-state index in [4.69, 9.17) is 39.5 Å². The molecule has 2 N–H and O–H groups in total. The van der Waals surface area contributed by atoms with Gasteiger partial charge in [0.05, 0.1) is 33.3 Å². The predicted molar refractivity (Wildman–Crippen MR) is 120 cm³/mol. The van der Waals surface area contributed by atoms with Gasteiger partial charge in [0.2, 0.25) is 0 Å². The number of rotatable bonds is 5. The Morgan fingerprint density at radius 1 is 1.17 bits per heavy atom. The third-order valence-electron chi connectivity index (χ3n) is 3.90. The number of carbonyl (C=O) groups is 2. The van der Waals surface area contributed by atoms with Crippen LogP contribution in [0.3, 0.4) is 0 Å². The molecule has 0 atom stereocenters. The Morgan fingerprint density at radius 2 is 1.90 bits per heavy atom. The molecule has 0 fully saturated rings. The van der Waals surface area contributed by atoms with E-state index in [0.717, 1.165) is 4.47 Å². The first-order valence-electron chi connectivity index (χ1n) is 7.88. The maximum atomic E-state index is 12.8. The molecule has 29 heavy (non-hydrogen) atoms. The first-order chi connectivity index (χ1) is 13.7. The molecule has 0 radical (unpaired) electrons. The van der Waals surface area contributed by atoms with Gasteiger partial charge in [0.25, 0.3) is 5.91 Å². The van der Waals surface area contributed by atoms with Crippen molar-refractivity contribution in [1.29, 1.82) is 0 Å². The number of nitrogens with one attached hydrogen (secondary N) is 1. The molecule has 1 amide bonds. The van der Waals surface area contributed by atoms with Crippen molar-refractivity contribution in [1.82, 2.24) is 0 Å².